The zero-order chi connectivity index (χ0) is 20.2. The normalized spacial score (nSPS) is 15.5. The Labute approximate surface area is 168 Å². The number of carbonyl (C=O) groups excluding carboxylic acids is 1. The number of nitrogens with one attached hydrogen (secondary N) is 3. The Kier molecular flexibility index (Phi) is 9.07. The van der Waals surface area contributed by atoms with Gasteiger partial charge in [0.15, 0.2) is 5.96 Å². The summed E-state index contributed by atoms with van der Waals surface area (Å²) < 4.78 is 10.4. The summed E-state index contributed by atoms with van der Waals surface area (Å²) in [4.78, 5) is 17.0. The van der Waals surface area contributed by atoms with Crippen LogP contribution in [0, 0.1) is 5.41 Å². The highest BCUT2D eigenvalue weighted by atomic mass is 16.5. The fraction of sp³-hybridized carbons (Fsp3) is 0.619. The number of benzene rings is 1. The van der Waals surface area contributed by atoms with Crippen LogP contribution in [0.3, 0.4) is 0 Å². The van der Waals surface area contributed by atoms with Crippen LogP contribution >= 0.6 is 0 Å². The minimum atomic E-state index is -0.115. The number of nitrogens with zero attached hydrogens (tertiary/aromatic N) is 1. The average molecular weight is 391 g/mol. The average Bonchev–Trinajstić information content (AvgIpc) is 2.69. The molecule has 1 aliphatic rings. The molecule has 0 spiro atoms. The van der Waals surface area contributed by atoms with E-state index in [2.05, 4.69) is 16.0 Å². The molecule has 1 aromatic rings. The first kappa shape index (κ1) is 22.0. The topological polar surface area (TPSA) is 84.0 Å². The predicted octanol–water partition coefficient (Wildman–Crippen LogP) is 2.19. The molecule has 1 amide bonds. The molecule has 0 aliphatic heterocycles. The van der Waals surface area contributed by atoms with Crippen molar-refractivity contribution in [2.24, 2.45) is 10.4 Å². The van der Waals surface area contributed by atoms with Crippen LogP contribution in [0.1, 0.15) is 43.0 Å². The SMILES string of the molecule is CCNC(=NCC1(CCOC)CCC1)NCCNC(=O)c1cccc(OC)c1. The standard InChI is InChI=1S/C21H34N4O3/c1-4-22-20(25-16-21(9-6-10-21)11-14-27-2)24-13-12-23-19(26)17-7-5-8-18(15-17)28-3/h5,7-8,15H,4,6,9-14,16H2,1-3H3,(H,23,26)(H2,22,24,25). The van der Waals surface area contributed by atoms with E-state index in [1.54, 1.807) is 26.4 Å². The number of rotatable bonds is 11. The van der Waals surface area contributed by atoms with Crippen molar-refractivity contribution in [3.05, 3.63) is 29.8 Å². The lowest BCUT2D eigenvalue weighted by molar-refractivity contribution is 0.0778. The largest absolute Gasteiger partial charge is 0.497 e. The third-order valence-electron chi connectivity index (χ3n) is 5.20. The first-order chi connectivity index (χ1) is 13.6. The zero-order valence-corrected chi connectivity index (χ0v) is 17.3. The van der Waals surface area contributed by atoms with Crippen LogP contribution in [0.5, 0.6) is 5.75 Å². The van der Waals surface area contributed by atoms with E-state index in [-0.39, 0.29) is 5.91 Å². The van der Waals surface area contributed by atoms with Crippen molar-refractivity contribution in [1.82, 2.24) is 16.0 Å². The number of hydrogen-bond donors (Lipinski definition) is 3. The Bertz CT molecular complexity index is 644. The van der Waals surface area contributed by atoms with E-state index in [0.717, 1.165) is 32.1 Å². The minimum Gasteiger partial charge on any atom is -0.497 e. The lowest BCUT2D eigenvalue weighted by Crippen LogP contribution is -2.43. The molecule has 0 unspecified atom stereocenters. The first-order valence-corrected chi connectivity index (χ1v) is 10.1. The second kappa shape index (κ2) is 11.5. The maximum Gasteiger partial charge on any atom is 0.251 e. The van der Waals surface area contributed by atoms with Crippen molar-refractivity contribution in [2.45, 2.75) is 32.6 Å². The molecule has 7 nitrogen and oxygen atoms in total. The number of guanidine groups is 1. The Morgan fingerprint density at radius 1 is 1.18 bits per heavy atom. The maximum atomic E-state index is 12.2. The molecule has 1 aromatic carbocycles. The van der Waals surface area contributed by atoms with Gasteiger partial charge in [0, 0.05) is 45.5 Å². The van der Waals surface area contributed by atoms with Crippen LogP contribution in [-0.2, 0) is 4.74 Å². The minimum absolute atomic E-state index is 0.115. The molecule has 0 radical (unpaired) electrons. The Balaban J connectivity index is 1.78. The lowest BCUT2D eigenvalue weighted by Gasteiger charge is -2.40. The van der Waals surface area contributed by atoms with Crippen molar-refractivity contribution >= 4 is 11.9 Å². The number of aliphatic imine (C=N–C) groups is 1. The van der Waals surface area contributed by atoms with Crippen LogP contribution in [0.4, 0.5) is 0 Å². The monoisotopic (exact) mass is 390 g/mol. The van der Waals surface area contributed by atoms with Crippen molar-refractivity contribution < 1.29 is 14.3 Å². The molecule has 156 valence electrons. The van der Waals surface area contributed by atoms with E-state index < -0.39 is 0 Å². The molecule has 0 bridgehead atoms. The second-order valence-electron chi connectivity index (χ2n) is 7.21. The smallest absolute Gasteiger partial charge is 0.251 e. The molecule has 0 saturated heterocycles. The molecular formula is C21H34N4O3. The van der Waals surface area contributed by atoms with Gasteiger partial charge in [0.2, 0.25) is 0 Å². The number of amides is 1. The summed E-state index contributed by atoms with van der Waals surface area (Å²) in [7, 11) is 3.34. The maximum absolute atomic E-state index is 12.2. The van der Waals surface area contributed by atoms with Crippen LogP contribution in [0.25, 0.3) is 0 Å². The summed E-state index contributed by atoms with van der Waals surface area (Å²) in [6, 6.07) is 7.13. The van der Waals surface area contributed by atoms with Crippen LogP contribution in [-0.4, -0.2) is 58.9 Å². The number of hydrogen-bond acceptors (Lipinski definition) is 4. The second-order valence-corrected chi connectivity index (χ2v) is 7.21. The van der Waals surface area contributed by atoms with Crippen LogP contribution < -0.4 is 20.7 Å². The third kappa shape index (κ3) is 6.71. The van der Waals surface area contributed by atoms with Crippen molar-refractivity contribution in [2.75, 3.05) is 47.0 Å². The molecule has 1 fully saturated rings. The van der Waals surface area contributed by atoms with Gasteiger partial charge in [-0.2, -0.15) is 0 Å². The summed E-state index contributed by atoms with van der Waals surface area (Å²) in [5, 5.41) is 9.48. The van der Waals surface area contributed by atoms with E-state index >= 15 is 0 Å². The van der Waals surface area contributed by atoms with E-state index in [0.29, 0.717) is 29.8 Å². The molecule has 0 aromatic heterocycles. The molecular weight excluding hydrogens is 356 g/mol. The summed E-state index contributed by atoms with van der Waals surface area (Å²) in [5.41, 5.74) is 0.879. The van der Waals surface area contributed by atoms with E-state index in [1.807, 2.05) is 19.1 Å². The van der Waals surface area contributed by atoms with E-state index in [1.165, 1.54) is 19.3 Å². The molecule has 28 heavy (non-hydrogen) atoms. The van der Waals surface area contributed by atoms with Gasteiger partial charge in [0.05, 0.1) is 7.11 Å². The fourth-order valence-corrected chi connectivity index (χ4v) is 3.29. The summed E-state index contributed by atoms with van der Waals surface area (Å²) in [6.07, 6.45) is 4.77. The highest BCUT2D eigenvalue weighted by molar-refractivity contribution is 5.94. The highest BCUT2D eigenvalue weighted by Crippen LogP contribution is 2.44. The fourth-order valence-electron chi connectivity index (χ4n) is 3.29. The summed E-state index contributed by atoms with van der Waals surface area (Å²) >= 11 is 0. The molecule has 0 heterocycles. The van der Waals surface area contributed by atoms with Gasteiger partial charge in [-0.25, -0.2) is 0 Å². The third-order valence-corrected chi connectivity index (χ3v) is 5.20. The Hall–Kier alpha value is -2.28. The van der Waals surface area contributed by atoms with Gasteiger partial charge in [0.1, 0.15) is 5.75 Å². The predicted molar refractivity (Wildman–Crippen MR) is 112 cm³/mol. The van der Waals surface area contributed by atoms with Gasteiger partial charge in [0.25, 0.3) is 5.91 Å². The lowest BCUT2D eigenvalue weighted by atomic mass is 9.67. The Morgan fingerprint density at radius 2 is 1.96 bits per heavy atom. The highest BCUT2D eigenvalue weighted by Gasteiger charge is 2.36. The molecule has 7 heteroatoms. The van der Waals surface area contributed by atoms with Gasteiger partial charge in [-0.1, -0.05) is 12.5 Å². The van der Waals surface area contributed by atoms with Crippen LogP contribution in [0.15, 0.2) is 29.3 Å². The molecule has 1 saturated carbocycles. The molecule has 1 aliphatic carbocycles. The van der Waals surface area contributed by atoms with Crippen molar-refractivity contribution in [3.8, 4) is 5.75 Å². The van der Waals surface area contributed by atoms with Gasteiger partial charge in [-0.15, -0.1) is 0 Å². The molecule has 0 atom stereocenters. The van der Waals surface area contributed by atoms with Gasteiger partial charge < -0.3 is 25.4 Å². The zero-order valence-electron chi connectivity index (χ0n) is 17.3. The number of methoxy groups -OCH3 is 2. The quantitative estimate of drug-likeness (QED) is 0.306. The van der Waals surface area contributed by atoms with Gasteiger partial charge in [-0.3, -0.25) is 9.79 Å². The Morgan fingerprint density at radius 3 is 2.61 bits per heavy atom. The summed E-state index contributed by atoms with van der Waals surface area (Å²) in [5.74, 6) is 1.35. The van der Waals surface area contributed by atoms with E-state index in [4.69, 9.17) is 14.5 Å². The van der Waals surface area contributed by atoms with Gasteiger partial charge >= 0.3 is 0 Å². The molecule has 2 rings (SSSR count). The van der Waals surface area contributed by atoms with E-state index in [9.17, 15) is 4.79 Å². The van der Waals surface area contributed by atoms with Gasteiger partial charge in [-0.05, 0) is 49.8 Å². The summed E-state index contributed by atoms with van der Waals surface area (Å²) in [6.45, 7) is 5.55. The van der Waals surface area contributed by atoms with Crippen molar-refractivity contribution in [3.63, 3.8) is 0 Å². The van der Waals surface area contributed by atoms with Crippen LogP contribution in [0.2, 0.25) is 0 Å². The van der Waals surface area contributed by atoms with Crippen molar-refractivity contribution in [1.29, 1.82) is 0 Å². The number of ether oxygens (including phenoxy) is 2. The number of carbonyl (C=O) groups is 1. The molecule has 3 N–H and O–H groups in total. The first-order valence-electron chi connectivity index (χ1n) is 10.1.